The largest absolute Gasteiger partial charge is 0.481 e. The molecule has 0 saturated heterocycles. The second kappa shape index (κ2) is 4.48. The van der Waals surface area contributed by atoms with Crippen LogP contribution in [0.1, 0.15) is 28.5 Å². The van der Waals surface area contributed by atoms with Gasteiger partial charge in [0.15, 0.2) is 6.29 Å². The van der Waals surface area contributed by atoms with Crippen LogP contribution in [-0.4, -0.2) is 22.3 Å². The fourth-order valence-corrected chi connectivity index (χ4v) is 1.07. The number of hydrogen-bond donors (Lipinski definition) is 2. The minimum Gasteiger partial charge on any atom is -0.481 e. The molecule has 0 aliphatic carbocycles. The van der Waals surface area contributed by atoms with Crippen LogP contribution in [0, 0.1) is 0 Å². The molecule has 5 nitrogen and oxygen atoms in total. The van der Waals surface area contributed by atoms with Crippen LogP contribution in [0.2, 0.25) is 0 Å². The van der Waals surface area contributed by atoms with E-state index in [1.165, 1.54) is 12.3 Å². The van der Waals surface area contributed by atoms with Gasteiger partial charge in [0.2, 0.25) is 0 Å². The monoisotopic (exact) mass is 194 g/mol. The van der Waals surface area contributed by atoms with Gasteiger partial charge in [0.1, 0.15) is 5.69 Å². The van der Waals surface area contributed by atoms with E-state index in [1.54, 1.807) is 6.07 Å². The summed E-state index contributed by atoms with van der Waals surface area (Å²) in [5, 5.41) is 8.51. The van der Waals surface area contributed by atoms with Crippen LogP contribution in [0.4, 0.5) is 0 Å². The minimum atomic E-state index is -0.970. The van der Waals surface area contributed by atoms with Crippen LogP contribution in [-0.2, 0) is 4.79 Å². The van der Waals surface area contributed by atoms with Crippen LogP contribution in [0.3, 0.4) is 0 Å². The molecule has 1 heterocycles. The van der Waals surface area contributed by atoms with Crippen molar-refractivity contribution in [2.75, 3.05) is 0 Å². The first-order valence-corrected chi connectivity index (χ1v) is 4.02. The number of nitrogens with two attached hydrogens (primary N) is 1. The van der Waals surface area contributed by atoms with Gasteiger partial charge in [-0.2, -0.15) is 0 Å². The van der Waals surface area contributed by atoms with Gasteiger partial charge < -0.3 is 10.8 Å². The van der Waals surface area contributed by atoms with E-state index in [4.69, 9.17) is 10.8 Å². The van der Waals surface area contributed by atoms with E-state index in [1.807, 2.05) is 0 Å². The molecule has 3 N–H and O–H groups in total. The Morgan fingerprint density at radius 3 is 3.00 bits per heavy atom. The molecule has 1 aromatic rings. The summed E-state index contributed by atoms with van der Waals surface area (Å²) in [5.41, 5.74) is 6.45. The van der Waals surface area contributed by atoms with Gasteiger partial charge in [0.05, 0.1) is 6.42 Å². The second-order valence-electron chi connectivity index (χ2n) is 2.84. The van der Waals surface area contributed by atoms with Crippen molar-refractivity contribution in [3.05, 3.63) is 29.6 Å². The molecule has 74 valence electrons. The molecule has 1 aromatic heterocycles. The number of pyridine rings is 1. The Morgan fingerprint density at radius 2 is 2.43 bits per heavy atom. The number of aliphatic carboxylic acids is 1. The molecule has 5 heteroatoms. The topological polar surface area (TPSA) is 93.3 Å². The zero-order valence-electron chi connectivity index (χ0n) is 7.38. The molecule has 0 bridgehead atoms. The molecular weight excluding hydrogens is 184 g/mol. The standard InChI is InChI=1S/C9H10N2O3/c10-8(4-9(13)14)6-1-2-11-7(3-6)5-12/h1-3,5,8H,4,10H2,(H,13,14). The van der Waals surface area contributed by atoms with Crippen LogP contribution in [0.25, 0.3) is 0 Å². The van der Waals surface area contributed by atoms with Gasteiger partial charge in [0, 0.05) is 12.2 Å². The lowest BCUT2D eigenvalue weighted by Crippen LogP contribution is -2.15. The quantitative estimate of drug-likeness (QED) is 0.675. The third-order valence-corrected chi connectivity index (χ3v) is 1.75. The maximum atomic E-state index is 10.4. The Bertz CT molecular complexity index is 352. The maximum absolute atomic E-state index is 10.4. The molecule has 0 spiro atoms. The highest BCUT2D eigenvalue weighted by Gasteiger charge is 2.10. The molecular formula is C9H10N2O3. The number of aldehydes is 1. The van der Waals surface area contributed by atoms with E-state index >= 15 is 0 Å². The summed E-state index contributed by atoms with van der Waals surface area (Å²) in [4.78, 5) is 24.5. The van der Waals surface area contributed by atoms with Crippen LogP contribution in [0.15, 0.2) is 18.3 Å². The van der Waals surface area contributed by atoms with Crippen molar-refractivity contribution in [3.63, 3.8) is 0 Å². The summed E-state index contributed by atoms with van der Waals surface area (Å²) in [6.45, 7) is 0. The number of aromatic nitrogens is 1. The average molecular weight is 194 g/mol. The number of carbonyl (C=O) groups is 2. The lowest BCUT2D eigenvalue weighted by atomic mass is 10.1. The molecule has 0 fully saturated rings. The summed E-state index contributed by atoms with van der Waals surface area (Å²) in [7, 11) is 0. The van der Waals surface area contributed by atoms with Gasteiger partial charge in [-0.3, -0.25) is 14.6 Å². The van der Waals surface area contributed by atoms with Crippen molar-refractivity contribution < 1.29 is 14.7 Å². The SMILES string of the molecule is NC(CC(=O)O)c1ccnc(C=O)c1. The molecule has 0 aliphatic heterocycles. The van der Waals surface area contributed by atoms with Crippen molar-refractivity contribution in [1.29, 1.82) is 0 Å². The van der Waals surface area contributed by atoms with Crippen LogP contribution in [0.5, 0.6) is 0 Å². The molecule has 1 atom stereocenters. The first-order valence-electron chi connectivity index (χ1n) is 4.02. The second-order valence-corrected chi connectivity index (χ2v) is 2.84. The molecule has 1 rings (SSSR count). The van der Waals surface area contributed by atoms with Gasteiger partial charge in [-0.1, -0.05) is 0 Å². The van der Waals surface area contributed by atoms with E-state index in [9.17, 15) is 9.59 Å². The van der Waals surface area contributed by atoms with Crippen LogP contribution >= 0.6 is 0 Å². The van der Waals surface area contributed by atoms with E-state index in [0.717, 1.165) is 0 Å². The summed E-state index contributed by atoms with van der Waals surface area (Å²) in [6.07, 6.45) is 1.86. The normalized spacial score (nSPS) is 12.1. The Kier molecular flexibility index (Phi) is 3.30. The zero-order chi connectivity index (χ0) is 10.6. The van der Waals surface area contributed by atoms with Gasteiger partial charge in [-0.15, -0.1) is 0 Å². The number of carboxylic acids is 1. The van der Waals surface area contributed by atoms with Gasteiger partial charge in [-0.05, 0) is 17.7 Å². The summed E-state index contributed by atoms with van der Waals surface area (Å²) in [6, 6.07) is 2.48. The number of carboxylic acid groups (broad SMARTS) is 1. The number of rotatable bonds is 4. The number of hydrogen-bond acceptors (Lipinski definition) is 4. The first kappa shape index (κ1) is 10.3. The molecule has 0 aliphatic rings. The van der Waals surface area contributed by atoms with E-state index in [0.29, 0.717) is 11.8 Å². The third kappa shape index (κ3) is 2.63. The number of carbonyl (C=O) groups excluding carboxylic acids is 1. The van der Waals surface area contributed by atoms with Crippen molar-refractivity contribution in [3.8, 4) is 0 Å². The number of nitrogens with zero attached hydrogens (tertiary/aromatic N) is 1. The van der Waals surface area contributed by atoms with E-state index in [-0.39, 0.29) is 12.1 Å². The van der Waals surface area contributed by atoms with Crippen molar-refractivity contribution >= 4 is 12.3 Å². The molecule has 0 radical (unpaired) electrons. The Labute approximate surface area is 80.6 Å². The zero-order valence-corrected chi connectivity index (χ0v) is 7.38. The van der Waals surface area contributed by atoms with Crippen molar-refractivity contribution in [1.82, 2.24) is 4.98 Å². The van der Waals surface area contributed by atoms with E-state index in [2.05, 4.69) is 4.98 Å². The fourth-order valence-electron chi connectivity index (χ4n) is 1.07. The highest BCUT2D eigenvalue weighted by molar-refractivity contribution is 5.72. The Hall–Kier alpha value is -1.75. The van der Waals surface area contributed by atoms with Crippen molar-refractivity contribution in [2.45, 2.75) is 12.5 Å². The molecule has 0 amide bonds. The third-order valence-electron chi connectivity index (χ3n) is 1.75. The average Bonchev–Trinajstić information content (AvgIpc) is 2.17. The molecule has 0 saturated carbocycles. The Morgan fingerprint density at radius 1 is 1.71 bits per heavy atom. The van der Waals surface area contributed by atoms with Crippen LogP contribution < -0.4 is 5.73 Å². The van der Waals surface area contributed by atoms with Gasteiger partial charge in [0.25, 0.3) is 0 Å². The van der Waals surface area contributed by atoms with E-state index < -0.39 is 12.0 Å². The Balaban J connectivity index is 2.83. The lowest BCUT2D eigenvalue weighted by molar-refractivity contribution is -0.137. The fraction of sp³-hybridized carbons (Fsp3) is 0.222. The lowest BCUT2D eigenvalue weighted by Gasteiger charge is -2.08. The minimum absolute atomic E-state index is 0.164. The first-order chi connectivity index (χ1) is 6.63. The summed E-state index contributed by atoms with van der Waals surface area (Å²) in [5.74, 6) is -0.970. The smallest absolute Gasteiger partial charge is 0.305 e. The highest BCUT2D eigenvalue weighted by Crippen LogP contribution is 2.13. The predicted octanol–water partition coefficient (Wildman–Crippen LogP) is 0.369. The molecule has 1 unspecified atom stereocenters. The van der Waals surface area contributed by atoms with Crippen molar-refractivity contribution in [2.24, 2.45) is 5.73 Å². The summed E-state index contributed by atoms with van der Waals surface area (Å²) < 4.78 is 0. The predicted molar refractivity (Wildman–Crippen MR) is 48.8 cm³/mol. The van der Waals surface area contributed by atoms with Gasteiger partial charge in [-0.25, -0.2) is 0 Å². The molecule has 0 aromatic carbocycles. The highest BCUT2D eigenvalue weighted by atomic mass is 16.4. The van der Waals surface area contributed by atoms with Gasteiger partial charge >= 0.3 is 5.97 Å². The molecule has 14 heavy (non-hydrogen) atoms. The maximum Gasteiger partial charge on any atom is 0.305 e. The summed E-state index contributed by atoms with van der Waals surface area (Å²) >= 11 is 0.